The number of carbonyl (C=O) groups excluding carboxylic acids is 1. The SMILES string of the molecule is Cn1cc(-c2nnc(C(=O)N3CCc4[nH]cnc4C3c3cc4ccc(Cl)cn4n3)o2)cn1. The minimum atomic E-state index is -0.509. The summed E-state index contributed by atoms with van der Waals surface area (Å²) in [6.07, 6.45) is 7.32. The smallest absolute Gasteiger partial charge is 0.312 e. The Balaban J connectivity index is 1.40. The summed E-state index contributed by atoms with van der Waals surface area (Å²) in [6.45, 7) is 0.442. The number of H-pyrrole nitrogens is 1. The Labute approximate surface area is 185 Å². The highest BCUT2D eigenvalue weighted by atomic mass is 35.5. The van der Waals surface area contributed by atoms with E-state index in [4.69, 9.17) is 16.0 Å². The lowest BCUT2D eigenvalue weighted by atomic mass is 9.99. The first kappa shape index (κ1) is 18.8. The number of nitrogens with one attached hydrogen (secondary N) is 1. The molecule has 1 amide bonds. The Morgan fingerprint density at radius 3 is 3.03 bits per heavy atom. The third kappa shape index (κ3) is 2.97. The van der Waals surface area contributed by atoms with Gasteiger partial charge in [-0.25, -0.2) is 9.50 Å². The molecule has 1 unspecified atom stereocenters. The summed E-state index contributed by atoms with van der Waals surface area (Å²) in [6, 6.07) is 5.08. The van der Waals surface area contributed by atoms with Crippen LogP contribution in [0, 0.1) is 0 Å². The van der Waals surface area contributed by atoms with Gasteiger partial charge in [-0.05, 0) is 18.2 Å². The lowest BCUT2D eigenvalue weighted by molar-refractivity contribution is 0.0646. The van der Waals surface area contributed by atoms with Crippen LogP contribution in [0.2, 0.25) is 5.02 Å². The summed E-state index contributed by atoms with van der Waals surface area (Å²) in [4.78, 5) is 22.8. The van der Waals surface area contributed by atoms with E-state index in [9.17, 15) is 4.79 Å². The Kier molecular flexibility index (Phi) is 4.12. The second-order valence-corrected chi connectivity index (χ2v) is 7.95. The van der Waals surface area contributed by atoms with Gasteiger partial charge in [0.15, 0.2) is 0 Å². The van der Waals surface area contributed by atoms with Crippen LogP contribution in [0.4, 0.5) is 0 Å². The minimum Gasteiger partial charge on any atom is -0.412 e. The Morgan fingerprint density at radius 1 is 1.28 bits per heavy atom. The number of aryl methyl sites for hydroxylation is 1. The number of hydrogen-bond donors (Lipinski definition) is 1. The van der Waals surface area contributed by atoms with Crippen molar-refractivity contribution in [3.8, 4) is 11.5 Å². The molecule has 32 heavy (non-hydrogen) atoms. The van der Waals surface area contributed by atoms with Crippen LogP contribution in [-0.4, -0.2) is 56.9 Å². The first-order chi connectivity index (χ1) is 15.6. The molecule has 0 fully saturated rings. The number of aromatic amines is 1. The number of halogens is 1. The molecule has 0 saturated heterocycles. The van der Waals surface area contributed by atoms with E-state index in [-0.39, 0.29) is 17.7 Å². The normalized spacial score (nSPS) is 15.9. The molecule has 0 saturated carbocycles. The quantitative estimate of drug-likeness (QED) is 0.448. The van der Waals surface area contributed by atoms with Crippen LogP contribution in [0.15, 0.2) is 47.5 Å². The molecule has 1 aliphatic rings. The zero-order valence-corrected chi connectivity index (χ0v) is 17.6. The maximum Gasteiger partial charge on any atom is 0.312 e. The lowest BCUT2D eigenvalue weighted by Crippen LogP contribution is -2.41. The van der Waals surface area contributed by atoms with Crippen LogP contribution in [0.3, 0.4) is 0 Å². The molecule has 0 aromatic carbocycles. The monoisotopic (exact) mass is 449 g/mol. The zero-order chi connectivity index (χ0) is 21.8. The molecule has 11 nitrogen and oxygen atoms in total. The Morgan fingerprint density at radius 2 is 2.19 bits per heavy atom. The number of nitrogens with zero attached hydrogens (tertiary/aromatic N) is 8. The number of amides is 1. The lowest BCUT2D eigenvalue weighted by Gasteiger charge is -2.32. The predicted molar refractivity (Wildman–Crippen MR) is 112 cm³/mol. The molecule has 160 valence electrons. The highest BCUT2D eigenvalue weighted by Crippen LogP contribution is 2.34. The van der Waals surface area contributed by atoms with Gasteiger partial charge in [-0.1, -0.05) is 11.6 Å². The van der Waals surface area contributed by atoms with Crippen LogP contribution < -0.4 is 0 Å². The van der Waals surface area contributed by atoms with E-state index in [0.29, 0.717) is 29.2 Å². The highest BCUT2D eigenvalue weighted by molar-refractivity contribution is 6.30. The van der Waals surface area contributed by atoms with Gasteiger partial charge >= 0.3 is 11.8 Å². The maximum atomic E-state index is 13.4. The van der Waals surface area contributed by atoms with E-state index >= 15 is 0 Å². The predicted octanol–water partition coefficient (Wildman–Crippen LogP) is 2.28. The van der Waals surface area contributed by atoms with Gasteiger partial charge in [-0.2, -0.15) is 10.2 Å². The maximum absolute atomic E-state index is 13.4. The van der Waals surface area contributed by atoms with Crippen molar-refractivity contribution in [3.05, 3.63) is 71.1 Å². The van der Waals surface area contributed by atoms with Crippen molar-refractivity contribution >= 4 is 23.0 Å². The van der Waals surface area contributed by atoms with Crippen molar-refractivity contribution < 1.29 is 9.21 Å². The van der Waals surface area contributed by atoms with Gasteiger partial charge < -0.3 is 14.3 Å². The fraction of sp³-hybridized carbons (Fsp3) is 0.200. The van der Waals surface area contributed by atoms with Crippen LogP contribution in [0.1, 0.15) is 33.8 Å². The van der Waals surface area contributed by atoms with Gasteiger partial charge in [-0.15, -0.1) is 10.2 Å². The third-order valence-electron chi connectivity index (χ3n) is 5.47. The van der Waals surface area contributed by atoms with Crippen LogP contribution in [0.25, 0.3) is 17.0 Å². The summed E-state index contributed by atoms with van der Waals surface area (Å²) in [5, 5.41) is 17.3. The van der Waals surface area contributed by atoms with Gasteiger partial charge in [-0.3, -0.25) is 9.48 Å². The van der Waals surface area contributed by atoms with Crippen molar-refractivity contribution in [2.24, 2.45) is 7.05 Å². The van der Waals surface area contributed by atoms with E-state index in [1.54, 1.807) is 52.1 Å². The minimum absolute atomic E-state index is 0.0975. The average Bonchev–Trinajstić information content (AvgIpc) is 3.57. The fourth-order valence-electron chi connectivity index (χ4n) is 3.99. The van der Waals surface area contributed by atoms with E-state index in [1.807, 2.05) is 12.1 Å². The summed E-state index contributed by atoms with van der Waals surface area (Å²) < 4.78 is 9.00. The first-order valence-corrected chi connectivity index (χ1v) is 10.2. The summed E-state index contributed by atoms with van der Waals surface area (Å²) in [7, 11) is 1.79. The molecule has 0 bridgehead atoms. The summed E-state index contributed by atoms with van der Waals surface area (Å²) >= 11 is 6.11. The van der Waals surface area contributed by atoms with Crippen LogP contribution >= 0.6 is 11.6 Å². The average molecular weight is 450 g/mol. The molecule has 12 heteroatoms. The highest BCUT2D eigenvalue weighted by Gasteiger charge is 2.38. The summed E-state index contributed by atoms with van der Waals surface area (Å²) in [5.41, 5.74) is 3.87. The molecule has 1 N–H and O–H groups in total. The van der Waals surface area contributed by atoms with Gasteiger partial charge in [0.05, 0.1) is 40.0 Å². The third-order valence-corrected chi connectivity index (χ3v) is 5.69. The molecule has 1 aliphatic heterocycles. The second kappa shape index (κ2) is 7.02. The molecular weight excluding hydrogens is 434 g/mol. The molecule has 1 atom stereocenters. The van der Waals surface area contributed by atoms with Crippen molar-refractivity contribution in [2.75, 3.05) is 6.54 Å². The van der Waals surface area contributed by atoms with Crippen molar-refractivity contribution in [3.63, 3.8) is 0 Å². The van der Waals surface area contributed by atoms with Crippen molar-refractivity contribution in [1.29, 1.82) is 0 Å². The van der Waals surface area contributed by atoms with Crippen LogP contribution in [0.5, 0.6) is 0 Å². The first-order valence-electron chi connectivity index (χ1n) is 9.87. The van der Waals surface area contributed by atoms with Gasteiger partial charge in [0.25, 0.3) is 5.89 Å². The molecular formula is C20H16ClN9O2. The van der Waals surface area contributed by atoms with E-state index in [1.165, 1.54) is 0 Å². The number of imidazole rings is 1. The molecule has 0 spiro atoms. The number of carbonyl (C=O) groups is 1. The molecule has 5 aromatic rings. The Bertz CT molecular complexity index is 1460. The number of rotatable bonds is 3. The summed E-state index contributed by atoms with van der Waals surface area (Å²) in [5.74, 6) is -0.251. The number of hydrogen-bond acceptors (Lipinski definition) is 7. The number of aromatic nitrogens is 8. The molecule has 6 rings (SSSR count). The van der Waals surface area contributed by atoms with Gasteiger partial charge in [0.1, 0.15) is 6.04 Å². The topological polar surface area (TPSA) is 123 Å². The fourth-order valence-corrected chi connectivity index (χ4v) is 4.15. The molecule has 0 radical (unpaired) electrons. The van der Waals surface area contributed by atoms with E-state index in [0.717, 1.165) is 16.9 Å². The standard InChI is InChI=1S/C20H16ClN9O2/c1-28-8-11(7-24-28)18-25-26-19(32-18)20(31)29-5-4-14-16(23-10-22-14)17(29)15-6-13-3-2-12(21)9-30(13)27-15/h2-3,6-10,17H,4-5H2,1H3,(H,22,23). The van der Waals surface area contributed by atoms with Gasteiger partial charge in [0, 0.05) is 38.1 Å². The number of pyridine rings is 1. The van der Waals surface area contributed by atoms with Crippen molar-refractivity contribution in [1.82, 2.24) is 44.5 Å². The molecule has 5 aromatic heterocycles. The molecule has 6 heterocycles. The zero-order valence-electron chi connectivity index (χ0n) is 16.8. The molecule has 0 aliphatic carbocycles. The van der Waals surface area contributed by atoms with E-state index in [2.05, 4.69) is 30.4 Å². The Hall–Kier alpha value is -3.99. The largest absolute Gasteiger partial charge is 0.412 e. The van der Waals surface area contributed by atoms with E-state index < -0.39 is 6.04 Å². The van der Waals surface area contributed by atoms with Gasteiger partial charge in [0.2, 0.25) is 0 Å². The van der Waals surface area contributed by atoms with Crippen LogP contribution in [-0.2, 0) is 13.5 Å². The number of fused-ring (bicyclic) bond motifs is 2. The van der Waals surface area contributed by atoms with Crippen molar-refractivity contribution in [2.45, 2.75) is 12.5 Å². The second-order valence-electron chi connectivity index (χ2n) is 7.52.